The average Bonchev–Trinajstić information content (AvgIpc) is 3.12. The molecule has 3 N–H and O–H groups in total. The van der Waals surface area contributed by atoms with Crippen LogP contribution in [-0.2, 0) is 11.0 Å². The van der Waals surface area contributed by atoms with Crippen LogP contribution in [0.15, 0.2) is 12.4 Å². The van der Waals surface area contributed by atoms with E-state index in [-0.39, 0.29) is 23.8 Å². The van der Waals surface area contributed by atoms with E-state index < -0.39 is 11.9 Å². The van der Waals surface area contributed by atoms with Crippen molar-refractivity contribution < 1.29 is 18.0 Å². The Morgan fingerprint density at radius 1 is 1.11 bits per heavy atom. The van der Waals surface area contributed by atoms with Gasteiger partial charge in [0, 0.05) is 37.2 Å². The SMILES string of the molecule is O=C(NC1CCN(c2cc(C(F)(F)F)ncn2)CC1)C1NNC2CCCCC21. The Labute approximate surface area is 161 Å². The molecule has 1 amide bonds. The highest BCUT2D eigenvalue weighted by atomic mass is 19.4. The van der Waals surface area contributed by atoms with Crippen molar-refractivity contribution in [1.29, 1.82) is 0 Å². The van der Waals surface area contributed by atoms with Crippen molar-refractivity contribution in [3.63, 3.8) is 0 Å². The third kappa shape index (κ3) is 4.07. The van der Waals surface area contributed by atoms with Gasteiger partial charge in [-0.05, 0) is 25.7 Å². The quantitative estimate of drug-likeness (QED) is 0.718. The van der Waals surface area contributed by atoms with Crippen LogP contribution in [0, 0.1) is 5.92 Å². The van der Waals surface area contributed by atoms with E-state index in [9.17, 15) is 18.0 Å². The van der Waals surface area contributed by atoms with Crippen molar-refractivity contribution in [2.75, 3.05) is 18.0 Å². The first-order chi connectivity index (χ1) is 13.4. The molecule has 154 valence electrons. The number of nitrogens with zero attached hydrogens (tertiary/aromatic N) is 3. The molecule has 1 saturated carbocycles. The van der Waals surface area contributed by atoms with Crippen LogP contribution in [0.4, 0.5) is 19.0 Å². The Balaban J connectivity index is 1.30. The Hall–Kier alpha value is -1.94. The second-order valence-corrected chi connectivity index (χ2v) is 7.85. The first-order valence-corrected chi connectivity index (χ1v) is 9.87. The summed E-state index contributed by atoms with van der Waals surface area (Å²) in [6.07, 6.45) is 2.31. The first kappa shape index (κ1) is 19.4. The molecule has 4 rings (SSSR count). The summed E-state index contributed by atoms with van der Waals surface area (Å²) < 4.78 is 38.5. The summed E-state index contributed by atoms with van der Waals surface area (Å²) in [6, 6.07) is 1.17. The summed E-state index contributed by atoms with van der Waals surface area (Å²) in [5.74, 6) is 0.621. The molecule has 2 saturated heterocycles. The molecular weight excluding hydrogens is 373 g/mol. The molecule has 3 atom stereocenters. The minimum absolute atomic E-state index is 0.0155. The number of carbonyl (C=O) groups excluding carboxylic acids is 1. The second-order valence-electron chi connectivity index (χ2n) is 7.85. The number of alkyl halides is 3. The van der Waals surface area contributed by atoms with Gasteiger partial charge in [0.1, 0.15) is 23.9 Å². The zero-order valence-electron chi connectivity index (χ0n) is 15.5. The van der Waals surface area contributed by atoms with Crippen LogP contribution in [0.25, 0.3) is 0 Å². The van der Waals surface area contributed by atoms with Gasteiger partial charge in [-0.25, -0.2) is 15.4 Å². The van der Waals surface area contributed by atoms with E-state index in [0.29, 0.717) is 37.9 Å². The lowest BCUT2D eigenvalue weighted by Gasteiger charge is -2.34. The van der Waals surface area contributed by atoms with Gasteiger partial charge in [0.2, 0.25) is 5.91 Å². The summed E-state index contributed by atoms with van der Waals surface area (Å²) in [5.41, 5.74) is 5.46. The Bertz CT molecular complexity index is 707. The van der Waals surface area contributed by atoms with Crippen molar-refractivity contribution in [1.82, 2.24) is 26.1 Å². The van der Waals surface area contributed by atoms with E-state index in [1.165, 1.54) is 6.42 Å². The number of nitrogens with one attached hydrogen (secondary N) is 3. The number of hydrogen-bond acceptors (Lipinski definition) is 6. The molecule has 0 bridgehead atoms. The van der Waals surface area contributed by atoms with Gasteiger partial charge < -0.3 is 10.2 Å². The van der Waals surface area contributed by atoms with E-state index >= 15 is 0 Å². The summed E-state index contributed by atoms with van der Waals surface area (Å²) in [7, 11) is 0. The van der Waals surface area contributed by atoms with Gasteiger partial charge in [-0.1, -0.05) is 12.8 Å². The molecule has 3 aliphatic rings. The topological polar surface area (TPSA) is 82.2 Å². The average molecular weight is 398 g/mol. The largest absolute Gasteiger partial charge is 0.433 e. The fourth-order valence-electron chi connectivity index (χ4n) is 4.52. The van der Waals surface area contributed by atoms with Crippen LogP contribution in [0.2, 0.25) is 0 Å². The van der Waals surface area contributed by atoms with Crippen molar-refractivity contribution in [2.24, 2.45) is 5.92 Å². The molecule has 1 aromatic rings. The second kappa shape index (κ2) is 7.82. The maximum atomic E-state index is 12.8. The van der Waals surface area contributed by atoms with E-state index in [4.69, 9.17) is 0 Å². The number of hydrogen-bond donors (Lipinski definition) is 3. The number of piperidine rings is 1. The molecule has 1 aliphatic carbocycles. The van der Waals surface area contributed by atoms with Gasteiger partial charge in [-0.15, -0.1) is 0 Å². The highest BCUT2D eigenvalue weighted by Gasteiger charge is 2.41. The predicted octanol–water partition coefficient (Wildman–Crippen LogP) is 1.62. The maximum absolute atomic E-state index is 12.8. The standard InChI is InChI=1S/C18H25F3N6O/c19-18(20,21)14-9-15(23-10-22-14)27-7-5-11(6-8-27)24-17(28)16-12-3-1-2-4-13(12)25-26-16/h9-13,16,25-26H,1-8H2,(H,24,28). The van der Waals surface area contributed by atoms with Gasteiger partial charge in [-0.2, -0.15) is 13.2 Å². The summed E-state index contributed by atoms with van der Waals surface area (Å²) in [4.78, 5) is 21.8. The molecule has 7 nitrogen and oxygen atoms in total. The first-order valence-electron chi connectivity index (χ1n) is 9.87. The molecule has 10 heteroatoms. The van der Waals surface area contributed by atoms with E-state index in [1.54, 1.807) is 0 Å². The van der Waals surface area contributed by atoms with Crippen LogP contribution in [0.3, 0.4) is 0 Å². The van der Waals surface area contributed by atoms with Crippen molar-refractivity contribution >= 4 is 11.7 Å². The molecule has 0 spiro atoms. The minimum Gasteiger partial charge on any atom is -0.356 e. The molecule has 2 aliphatic heterocycles. The fourth-order valence-corrected chi connectivity index (χ4v) is 4.52. The molecule has 0 radical (unpaired) electrons. The summed E-state index contributed by atoms with van der Waals surface area (Å²) in [5, 5.41) is 3.12. The molecule has 28 heavy (non-hydrogen) atoms. The molecule has 3 unspecified atom stereocenters. The normalized spacial score (nSPS) is 28.8. The lowest BCUT2D eigenvalue weighted by atomic mass is 9.81. The number of halogens is 3. The highest BCUT2D eigenvalue weighted by molar-refractivity contribution is 5.82. The third-order valence-corrected chi connectivity index (χ3v) is 6.06. The summed E-state index contributed by atoms with van der Waals surface area (Å²) in [6.45, 7) is 1.09. The summed E-state index contributed by atoms with van der Waals surface area (Å²) >= 11 is 0. The molecule has 0 aromatic carbocycles. The molecule has 3 heterocycles. The fraction of sp³-hybridized carbons (Fsp3) is 0.722. The highest BCUT2D eigenvalue weighted by Crippen LogP contribution is 2.31. The number of amides is 1. The van der Waals surface area contributed by atoms with Gasteiger partial charge in [-0.3, -0.25) is 10.2 Å². The van der Waals surface area contributed by atoms with Crippen LogP contribution in [-0.4, -0.2) is 47.1 Å². The van der Waals surface area contributed by atoms with Crippen LogP contribution in [0.5, 0.6) is 0 Å². The zero-order chi connectivity index (χ0) is 19.7. The Morgan fingerprint density at radius 3 is 2.61 bits per heavy atom. The third-order valence-electron chi connectivity index (χ3n) is 6.06. The molecular formula is C18H25F3N6O. The number of fused-ring (bicyclic) bond motifs is 1. The smallest absolute Gasteiger partial charge is 0.356 e. The Kier molecular flexibility index (Phi) is 5.42. The monoisotopic (exact) mass is 398 g/mol. The van der Waals surface area contributed by atoms with Crippen molar-refractivity contribution in [3.05, 3.63) is 18.1 Å². The number of carbonyl (C=O) groups is 1. The van der Waals surface area contributed by atoms with Crippen molar-refractivity contribution in [2.45, 2.75) is 62.8 Å². The molecule has 3 fully saturated rings. The van der Waals surface area contributed by atoms with Crippen LogP contribution < -0.4 is 21.1 Å². The lowest BCUT2D eigenvalue weighted by molar-refractivity contribution is -0.141. The van der Waals surface area contributed by atoms with E-state index in [0.717, 1.165) is 31.7 Å². The van der Waals surface area contributed by atoms with E-state index in [2.05, 4.69) is 26.1 Å². The number of aromatic nitrogens is 2. The number of hydrazine groups is 1. The van der Waals surface area contributed by atoms with Crippen LogP contribution in [0.1, 0.15) is 44.2 Å². The Morgan fingerprint density at radius 2 is 1.86 bits per heavy atom. The predicted molar refractivity (Wildman–Crippen MR) is 96.2 cm³/mol. The van der Waals surface area contributed by atoms with Gasteiger partial charge in [0.25, 0.3) is 0 Å². The number of anilines is 1. The number of rotatable bonds is 3. The van der Waals surface area contributed by atoms with Gasteiger partial charge in [0.05, 0.1) is 0 Å². The van der Waals surface area contributed by atoms with Crippen molar-refractivity contribution in [3.8, 4) is 0 Å². The molecule has 1 aromatic heterocycles. The zero-order valence-corrected chi connectivity index (χ0v) is 15.5. The van der Waals surface area contributed by atoms with Gasteiger partial charge in [0.15, 0.2) is 0 Å². The van der Waals surface area contributed by atoms with Gasteiger partial charge >= 0.3 is 6.18 Å². The minimum atomic E-state index is -4.48. The maximum Gasteiger partial charge on any atom is 0.433 e. The van der Waals surface area contributed by atoms with E-state index in [1.807, 2.05) is 4.90 Å². The van der Waals surface area contributed by atoms with Crippen LogP contribution >= 0.6 is 0 Å². The lowest BCUT2D eigenvalue weighted by Crippen LogP contribution is -2.52.